The molecule has 0 spiro atoms. The van der Waals surface area contributed by atoms with Gasteiger partial charge in [-0.05, 0) is 24.1 Å². The fraction of sp³-hybridized carbons (Fsp3) is 0.192. The van der Waals surface area contributed by atoms with Crippen LogP contribution in [0.25, 0.3) is 10.9 Å². The van der Waals surface area contributed by atoms with Gasteiger partial charge in [0.25, 0.3) is 0 Å². The lowest BCUT2D eigenvalue weighted by molar-refractivity contribution is -0.123. The Kier molecular flexibility index (Phi) is 6.99. The summed E-state index contributed by atoms with van der Waals surface area (Å²) in [5.41, 5.74) is 3.41. The topological polar surface area (TPSA) is 96.1 Å². The molecule has 168 valence electrons. The van der Waals surface area contributed by atoms with Gasteiger partial charge in [0, 0.05) is 17.5 Å². The number of fused-ring (bicyclic) bond motifs is 1. The number of rotatable bonds is 8. The quantitative estimate of drug-likeness (QED) is 0.380. The smallest absolute Gasteiger partial charge is 0.408 e. The van der Waals surface area contributed by atoms with Gasteiger partial charge < -0.3 is 15.4 Å². The summed E-state index contributed by atoms with van der Waals surface area (Å²) in [6, 6.07) is 25.6. The Morgan fingerprint density at radius 1 is 0.909 bits per heavy atom. The molecule has 0 aliphatic carbocycles. The second-order valence-electron chi connectivity index (χ2n) is 7.82. The molecule has 2 unspecified atom stereocenters. The van der Waals surface area contributed by atoms with Crippen LogP contribution in [0.4, 0.5) is 4.79 Å². The van der Waals surface area contributed by atoms with E-state index in [1.54, 1.807) is 0 Å². The number of H-pyrrole nitrogens is 1. The molecule has 0 bridgehead atoms. The third-order valence-corrected chi connectivity index (χ3v) is 5.43. The van der Waals surface area contributed by atoms with Gasteiger partial charge in [-0.2, -0.15) is 5.10 Å². The lowest BCUT2D eigenvalue weighted by Gasteiger charge is -2.21. The van der Waals surface area contributed by atoms with Crippen molar-refractivity contribution in [2.45, 2.75) is 32.0 Å². The first kappa shape index (κ1) is 22.1. The molecular weight excluding hydrogens is 416 g/mol. The number of nitrogens with one attached hydrogen (secondary N) is 3. The first-order chi connectivity index (χ1) is 16.1. The molecule has 3 aromatic carbocycles. The number of nitrogens with zero attached hydrogens (tertiary/aromatic N) is 1. The maximum atomic E-state index is 13.2. The Bertz CT molecular complexity index is 1210. The van der Waals surface area contributed by atoms with E-state index in [1.807, 2.05) is 91.9 Å². The summed E-state index contributed by atoms with van der Waals surface area (Å²) in [7, 11) is 0. The third kappa shape index (κ3) is 5.77. The first-order valence-corrected chi connectivity index (χ1v) is 10.8. The maximum Gasteiger partial charge on any atom is 0.408 e. The molecule has 0 saturated carbocycles. The number of benzene rings is 3. The van der Waals surface area contributed by atoms with Crippen LogP contribution >= 0.6 is 0 Å². The number of aromatic nitrogens is 2. The highest BCUT2D eigenvalue weighted by molar-refractivity contribution is 5.87. The van der Waals surface area contributed by atoms with Crippen LogP contribution in [0, 0.1) is 0 Å². The zero-order valence-corrected chi connectivity index (χ0v) is 18.3. The molecule has 2 amide bonds. The summed E-state index contributed by atoms with van der Waals surface area (Å²) in [6.07, 6.45) is -0.413. The van der Waals surface area contributed by atoms with Gasteiger partial charge in [0.05, 0.1) is 11.6 Å². The zero-order chi connectivity index (χ0) is 23.0. The minimum atomic E-state index is -0.844. The normalized spacial score (nSPS) is 12.6. The van der Waals surface area contributed by atoms with Gasteiger partial charge >= 0.3 is 6.09 Å². The Labute approximate surface area is 192 Å². The van der Waals surface area contributed by atoms with E-state index in [0.29, 0.717) is 0 Å². The molecule has 0 fully saturated rings. The lowest BCUT2D eigenvalue weighted by atomic mass is 10.1. The molecule has 4 aromatic rings. The van der Waals surface area contributed by atoms with Crippen molar-refractivity contribution in [2.24, 2.45) is 0 Å². The van der Waals surface area contributed by atoms with Gasteiger partial charge in [0.2, 0.25) is 5.91 Å². The van der Waals surface area contributed by atoms with Crippen LogP contribution in [0.15, 0.2) is 84.9 Å². The van der Waals surface area contributed by atoms with Crippen LogP contribution in [0.5, 0.6) is 0 Å². The molecule has 3 N–H and O–H groups in total. The molecule has 4 rings (SSSR count). The van der Waals surface area contributed by atoms with E-state index in [2.05, 4.69) is 20.8 Å². The van der Waals surface area contributed by atoms with Crippen molar-refractivity contribution in [3.63, 3.8) is 0 Å². The molecule has 1 aromatic heterocycles. The standard InChI is InChI=1S/C26H26N4O3/c1-18(20-12-6-3-7-13-20)27-25(31)24(16-23-21-14-8-9-15-22(21)29-30-23)28-26(32)33-17-19-10-4-2-5-11-19/h2-15,18,24H,16-17H2,1H3,(H,27,31)(H,28,32)(H,29,30). The summed E-state index contributed by atoms with van der Waals surface area (Å²) < 4.78 is 5.35. The van der Waals surface area contributed by atoms with Crippen molar-refractivity contribution < 1.29 is 14.3 Å². The lowest BCUT2D eigenvalue weighted by Crippen LogP contribution is -2.48. The average molecular weight is 443 g/mol. The SMILES string of the molecule is CC(NC(=O)C(Cc1[nH]nc2ccccc12)NC(=O)OCc1ccccc1)c1ccccc1. The summed E-state index contributed by atoms with van der Waals surface area (Å²) in [5.74, 6) is -0.304. The number of aromatic amines is 1. The molecule has 33 heavy (non-hydrogen) atoms. The van der Waals surface area contributed by atoms with Gasteiger partial charge in [-0.1, -0.05) is 78.9 Å². The highest BCUT2D eigenvalue weighted by Gasteiger charge is 2.25. The number of amides is 2. The second kappa shape index (κ2) is 10.5. The van der Waals surface area contributed by atoms with Crippen molar-refractivity contribution in [2.75, 3.05) is 0 Å². The largest absolute Gasteiger partial charge is 0.445 e. The third-order valence-electron chi connectivity index (χ3n) is 5.43. The van der Waals surface area contributed by atoms with Gasteiger partial charge in [-0.3, -0.25) is 9.89 Å². The van der Waals surface area contributed by atoms with Crippen molar-refractivity contribution >= 4 is 22.9 Å². The minimum Gasteiger partial charge on any atom is -0.445 e. The Hall–Kier alpha value is -4.13. The number of hydrogen-bond acceptors (Lipinski definition) is 4. The van der Waals surface area contributed by atoms with Crippen LogP contribution in [-0.2, 0) is 22.6 Å². The van der Waals surface area contributed by atoms with Crippen LogP contribution in [0.2, 0.25) is 0 Å². The van der Waals surface area contributed by atoms with E-state index in [0.717, 1.165) is 27.7 Å². The van der Waals surface area contributed by atoms with E-state index in [1.165, 1.54) is 0 Å². The van der Waals surface area contributed by atoms with Gasteiger partial charge in [0.15, 0.2) is 0 Å². The molecule has 0 saturated heterocycles. The molecular formula is C26H26N4O3. The van der Waals surface area contributed by atoms with Crippen molar-refractivity contribution in [3.8, 4) is 0 Å². The van der Waals surface area contributed by atoms with Gasteiger partial charge in [-0.15, -0.1) is 0 Å². The highest BCUT2D eigenvalue weighted by atomic mass is 16.5. The minimum absolute atomic E-state index is 0.119. The second-order valence-corrected chi connectivity index (χ2v) is 7.82. The van der Waals surface area contributed by atoms with E-state index < -0.39 is 12.1 Å². The Morgan fingerprint density at radius 3 is 2.33 bits per heavy atom. The van der Waals surface area contributed by atoms with Crippen LogP contribution in [0.1, 0.15) is 29.8 Å². The number of hydrogen-bond donors (Lipinski definition) is 3. The molecule has 2 atom stereocenters. The molecule has 0 aliphatic heterocycles. The van der Waals surface area contributed by atoms with E-state index in [-0.39, 0.29) is 25.0 Å². The summed E-state index contributed by atoms with van der Waals surface area (Å²) in [5, 5.41) is 13.9. The Morgan fingerprint density at radius 2 is 1.58 bits per heavy atom. The predicted octanol–water partition coefficient (Wildman–Crippen LogP) is 4.28. The predicted molar refractivity (Wildman–Crippen MR) is 126 cm³/mol. The maximum absolute atomic E-state index is 13.2. The summed E-state index contributed by atoms with van der Waals surface area (Å²) in [6.45, 7) is 2.03. The van der Waals surface area contributed by atoms with Crippen molar-refractivity contribution in [3.05, 3.63) is 102 Å². The highest BCUT2D eigenvalue weighted by Crippen LogP contribution is 2.18. The summed E-state index contributed by atoms with van der Waals surface area (Å²) >= 11 is 0. The molecule has 7 nitrogen and oxygen atoms in total. The number of para-hydroxylation sites is 1. The first-order valence-electron chi connectivity index (χ1n) is 10.8. The van der Waals surface area contributed by atoms with Crippen molar-refractivity contribution in [1.29, 1.82) is 0 Å². The van der Waals surface area contributed by atoms with Gasteiger partial charge in [-0.25, -0.2) is 4.79 Å². The fourth-order valence-electron chi connectivity index (χ4n) is 3.63. The molecule has 0 aliphatic rings. The van der Waals surface area contributed by atoms with E-state index in [9.17, 15) is 9.59 Å². The molecule has 1 heterocycles. The zero-order valence-electron chi connectivity index (χ0n) is 18.3. The average Bonchev–Trinajstić information content (AvgIpc) is 3.26. The number of alkyl carbamates (subject to hydrolysis) is 1. The molecule has 7 heteroatoms. The van der Waals surface area contributed by atoms with E-state index >= 15 is 0 Å². The Balaban J connectivity index is 1.48. The number of carbonyl (C=O) groups is 2. The van der Waals surface area contributed by atoms with E-state index in [4.69, 9.17) is 4.74 Å². The van der Waals surface area contributed by atoms with Crippen LogP contribution in [0.3, 0.4) is 0 Å². The van der Waals surface area contributed by atoms with Crippen molar-refractivity contribution in [1.82, 2.24) is 20.8 Å². The summed E-state index contributed by atoms with van der Waals surface area (Å²) in [4.78, 5) is 25.7. The monoisotopic (exact) mass is 442 g/mol. The molecule has 0 radical (unpaired) electrons. The van der Waals surface area contributed by atoms with Crippen LogP contribution < -0.4 is 10.6 Å². The number of ether oxygens (including phenoxy) is 1. The van der Waals surface area contributed by atoms with Crippen LogP contribution in [-0.4, -0.2) is 28.2 Å². The fourth-order valence-corrected chi connectivity index (χ4v) is 3.63. The number of carbonyl (C=O) groups excluding carboxylic acids is 2. The van der Waals surface area contributed by atoms with Gasteiger partial charge in [0.1, 0.15) is 12.6 Å².